The summed E-state index contributed by atoms with van der Waals surface area (Å²) in [7, 11) is -2.94. The Hall–Kier alpha value is -2.38. The number of hydrogen-bond acceptors (Lipinski definition) is 5. The molecule has 0 saturated carbocycles. The van der Waals surface area contributed by atoms with Crippen molar-refractivity contribution in [2.24, 2.45) is 5.92 Å². The number of imidazole rings is 1. The maximum absolute atomic E-state index is 11.9. The molecule has 2 unspecified atom stereocenters. The summed E-state index contributed by atoms with van der Waals surface area (Å²) in [6, 6.07) is 14.0. The van der Waals surface area contributed by atoms with Crippen molar-refractivity contribution in [2.75, 3.05) is 18.1 Å². The van der Waals surface area contributed by atoms with Crippen molar-refractivity contribution in [3.63, 3.8) is 0 Å². The minimum atomic E-state index is -2.94. The van der Waals surface area contributed by atoms with Gasteiger partial charge in [-0.1, -0.05) is 45.0 Å². The Morgan fingerprint density at radius 1 is 1.21 bits per heavy atom. The molecule has 1 fully saturated rings. The first kappa shape index (κ1) is 23.8. The number of aliphatic hydroxyl groups is 1. The number of sulfone groups is 1. The first-order valence-corrected chi connectivity index (χ1v) is 13.4. The van der Waals surface area contributed by atoms with Gasteiger partial charge in [0.1, 0.15) is 24.3 Å². The molecule has 2 aromatic carbocycles. The Labute approximate surface area is 196 Å². The molecule has 1 saturated heterocycles. The quantitative estimate of drug-likeness (QED) is 0.563. The van der Waals surface area contributed by atoms with E-state index in [4.69, 9.17) is 9.72 Å². The standard InChI is InChI=1S/C26H34N2O4S/c1-18-13-20(26(2,3)4)9-10-24(18)32-16-21(29)15-28-23-8-6-5-7-22(23)27-25(28)14-19-11-12-33(30,31)17-19/h5-10,13,19,21,29H,11-12,14-17H2,1-4H3. The summed E-state index contributed by atoms with van der Waals surface area (Å²) in [5.41, 5.74) is 4.16. The monoisotopic (exact) mass is 470 g/mol. The summed E-state index contributed by atoms with van der Waals surface area (Å²) >= 11 is 0. The van der Waals surface area contributed by atoms with Crippen LogP contribution >= 0.6 is 0 Å². The molecule has 6 nitrogen and oxygen atoms in total. The van der Waals surface area contributed by atoms with E-state index in [0.717, 1.165) is 28.2 Å². The van der Waals surface area contributed by atoms with Crippen molar-refractivity contribution in [1.29, 1.82) is 0 Å². The van der Waals surface area contributed by atoms with Gasteiger partial charge in [-0.2, -0.15) is 0 Å². The van der Waals surface area contributed by atoms with Gasteiger partial charge in [0, 0.05) is 6.42 Å². The van der Waals surface area contributed by atoms with Gasteiger partial charge in [0.05, 0.1) is 29.1 Å². The lowest BCUT2D eigenvalue weighted by atomic mass is 9.86. The lowest BCUT2D eigenvalue weighted by molar-refractivity contribution is 0.0922. The van der Waals surface area contributed by atoms with E-state index in [9.17, 15) is 13.5 Å². The number of benzene rings is 2. The van der Waals surface area contributed by atoms with Crippen LogP contribution in [0.3, 0.4) is 0 Å². The van der Waals surface area contributed by atoms with Crippen LogP contribution < -0.4 is 4.74 Å². The number of aryl methyl sites for hydroxylation is 1. The van der Waals surface area contributed by atoms with Crippen LogP contribution in [0.25, 0.3) is 11.0 Å². The van der Waals surface area contributed by atoms with Crippen molar-refractivity contribution < 1.29 is 18.3 Å². The maximum atomic E-state index is 11.9. The molecule has 33 heavy (non-hydrogen) atoms. The SMILES string of the molecule is Cc1cc(C(C)(C)C)ccc1OCC(O)Cn1c(CC2CCS(=O)(=O)C2)nc2ccccc21. The van der Waals surface area contributed by atoms with Gasteiger partial charge < -0.3 is 14.4 Å². The van der Waals surface area contributed by atoms with Crippen molar-refractivity contribution in [1.82, 2.24) is 9.55 Å². The van der Waals surface area contributed by atoms with Gasteiger partial charge in [-0.3, -0.25) is 0 Å². The molecule has 2 atom stereocenters. The topological polar surface area (TPSA) is 81.4 Å². The first-order chi connectivity index (χ1) is 15.5. The molecule has 0 amide bonds. The molecule has 2 heterocycles. The van der Waals surface area contributed by atoms with Crippen LogP contribution in [0.1, 0.15) is 44.1 Å². The molecule has 178 valence electrons. The third kappa shape index (κ3) is 5.58. The second-order valence-electron chi connectivity index (χ2n) is 10.3. The second-order valence-corrected chi connectivity index (χ2v) is 12.5. The van der Waals surface area contributed by atoms with Crippen molar-refractivity contribution in [2.45, 2.75) is 58.6 Å². The van der Waals surface area contributed by atoms with Gasteiger partial charge in [-0.15, -0.1) is 0 Å². The Morgan fingerprint density at radius 2 is 1.97 bits per heavy atom. The van der Waals surface area contributed by atoms with Crippen LogP contribution in [0.4, 0.5) is 0 Å². The minimum absolute atomic E-state index is 0.0698. The molecule has 0 bridgehead atoms. The lowest BCUT2D eigenvalue weighted by Crippen LogP contribution is -2.25. The third-order valence-corrected chi connectivity index (χ3v) is 8.23. The van der Waals surface area contributed by atoms with Crippen LogP contribution in [0, 0.1) is 12.8 Å². The Bertz CT molecular complexity index is 1240. The number of ether oxygens (including phenoxy) is 1. The highest BCUT2D eigenvalue weighted by molar-refractivity contribution is 7.91. The van der Waals surface area contributed by atoms with E-state index >= 15 is 0 Å². The van der Waals surface area contributed by atoms with Gasteiger partial charge in [0.15, 0.2) is 9.84 Å². The zero-order valence-corrected chi connectivity index (χ0v) is 20.7. The van der Waals surface area contributed by atoms with Crippen LogP contribution in [0.5, 0.6) is 5.75 Å². The lowest BCUT2D eigenvalue weighted by Gasteiger charge is -2.21. The molecule has 3 aromatic rings. The van der Waals surface area contributed by atoms with Crippen LogP contribution in [0.2, 0.25) is 0 Å². The molecule has 0 spiro atoms. The van der Waals surface area contributed by atoms with Crippen molar-refractivity contribution in [3.8, 4) is 5.75 Å². The van der Waals surface area contributed by atoms with E-state index in [0.29, 0.717) is 19.4 Å². The number of fused-ring (bicyclic) bond motifs is 1. The average molecular weight is 471 g/mol. The Balaban J connectivity index is 1.48. The van der Waals surface area contributed by atoms with Crippen molar-refractivity contribution >= 4 is 20.9 Å². The van der Waals surface area contributed by atoms with Gasteiger partial charge in [0.2, 0.25) is 0 Å². The predicted octanol–water partition coefficient (Wildman–Crippen LogP) is 4.06. The van der Waals surface area contributed by atoms with E-state index in [-0.39, 0.29) is 29.4 Å². The van der Waals surface area contributed by atoms with Gasteiger partial charge in [0.25, 0.3) is 0 Å². The summed E-state index contributed by atoms with van der Waals surface area (Å²) in [6.07, 6.45) is 0.533. The molecular formula is C26H34N2O4S. The average Bonchev–Trinajstić information content (AvgIpc) is 3.25. The summed E-state index contributed by atoms with van der Waals surface area (Å²) in [4.78, 5) is 4.76. The molecule has 0 aliphatic carbocycles. The zero-order valence-electron chi connectivity index (χ0n) is 19.9. The summed E-state index contributed by atoms with van der Waals surface area (Å²) in [5, 5.41) is 10.8. The molecule has 0 radical (unpaired) electrons. The predicted molar refractivity (Wildman–Crippen MR) is 132 cm³/mol. The fourth-order valence-corrected chi connectivity index (χ4v) is 6.37. The molecule has 1 N–H and O–H groups in total. The van der Waals surface area contributed by atoms with Gasteiger partial charge in [-0.25, -0.2) is 13.4 Å². The third-order valence-electron chi connectivity index (χ3n) is 6.40. The molecule has 4 rings (SSSR count). The highest BCUT2D eigenvalue weighted by Gasteiger charge is 2.29. The van der Waals surface area contributed by atoms with Crippen LogP contribution in [-0.4, -0.2) is 47.3 Å². The largest absolute Gasteiger partial charge is 0.491 e. The van der Waals surface area contributed by atoms with E-state index in [2.05, 4.69) is 32.9 Å². The number of hydrogen-bond donors (Lipinski definition) is 1. The first-order valence-electron chi connectivity index (χ1n) is 11.6. The highest BCUT2D eigenvalue weighted by atomic mass is 32.2. The molecule has 1 aliphatic rings. The maximum Gasteiger partial charge on any atom is 0.150 e. The van der Waals surface area contributed by atoms with Gasteiger partial charge in [-0.05, 0) is 54.0 Å². The summed E-state index contributed by atoms with van der Waals surface area (Å²) in [5.74, 6) is 2.13. The fraction of sp³-hybridized carbons (Fsp3) is 0.500. The van der Waals surface area contributed by atoms with Crippen LogP contribution in [0.15, 0.2) is 42.5 Å². The molecular weight excluding hydrogens is 436 g/mol. The zero-order chi connectivity index (χ0) is 23.8. The van der Waals surface area contributed by atoms with Gasteiger partial charge >= 0.3 is 0 Å². The number of nitrogens with zero attached hydrogens (tertiary/aromatic N) is 2. The van der Waals surface area contributed by atoms with E-state index in [1.54, 1.807) is 0 Å². The number of aliphatic hydroxyl groups excluding tert-OH is 1. The molecule has 1 aliphatic heterocycles. The summed E-state index contributed by atoms with van der Waals surface area (Å²) < 4.78 is 31.8. The van der Waals surface area contributed by atoms with Crippen molar-refractivity contribution in [3.05, 3.63) is 59.4 Å². The van der Waals surface area contributed by atoms with E-state index < -0.39 is 15.9 Å². The second kappa shape index (κ2) is 9.11. The molecule has 7 heteroatoms. The van der Waals surface area contributed by atoms with E-state index in [1.807, 2.05) is 41.8 Å². The van der Waals surface area contributed by atoms with Crippen LogP contribution in [-0.2, 0) is 28.2 Å². The smallest absolute Gasteiger partial charge is 0.150 e. The van der Waals surface area contributed by atoms with E-state index in [1.165, 1.54) is 5.56 Å². The Kier molecular flexibility index (Phi) is 6.56. The Morgan fingerprint density at radius 3 is 2.64 bits per heavy atom. The molecule has 1 aromatic heterocycles. The fourth-order valence-electron chi connectivity index (χ4n) is 4.50. The minimum Gasteiger partial charge on any atom is -0.491 e. The normalized spacial score (nSPS) is 19.1. The number of rotatable bonds is 7. The number of aromatic nitrogens is 2. The highest BCUT2D eigenvalue weighted by Crippen LogP contribution is 2.28. The number of para-hydroxylation sites is 2. The summed E-state index contributed by atoms with van der Waals surface area (Å²) in [6.45, 7) is 9.07.